The zero-order valence-electron chi connectivity index (χ0n) is 15.4. The molecule has 0 nitrogen and oxygen atoms in total. The Labute approximate surface area is 183 Å². The number of hydrogen-bond donors (Lipinski definition) is 0. The molecule has 0 aliphatic carbocycles. The first-order valence-electron chi connectivity index (χ1n) is 7.47. The average Bonchev–Trinajstić information content (AvgIpc) is 2.65. The molecule has 0 aromatic heterocycles. The zero-order valence-corrected chi connectivity index (χ0v) is 15.4. The molecule has 0 bridgehead atoms. The van der Waals surface area contributed by atoms with Gasteiger partial charge in [-0.15, -0.1) is 0 Å². The van der Waals surface area contributed by atoms with Crippen LogP contribution in [0.5, 0.6) is 0 Å². The fourth-order valence-electron chi connectivity index (χ4n) is 1.87. The number of alkyl halides is 23. The highest BCUT2D eigenvalue weighted by molar-refractivity contribution is 5.19. The second-order valence-corrected chi connectivity index (χ2v) is 6.50. The van der Waals surface area contributed by atoms with Gasteiger partial charge in [-0.3, -0.25) is 0 Å². The molecule has 0 N–H and O–H groups in total. The molecule has 25 heteroatoms. The average molecular weight is 619 g/mol. The molecule has 0 rings (SSSR count). The molecular formula is C12F25. The van der Waals surface area contributed by atoms with Crippen molar-refractivity contribution in [1.29, 1.82) is 0 Å². The van der Waals surface area contributed by atoms with E-state index in [0.29, 0.717) is 0 Å². The normalized spacial score (nSPS) is 17.0. The second kappa shape index (κ2) is 8.37. The Bertz CT molecular complexity index is 825. The molecule has 0 saturated carbocycles. The summed E-state index contributed by atoms with van der Waals surface area (Å²) in [5.74, 6) is -90.9. The lowest BCUT2D eigenvalue weighted by Crippen LogP contribution is -2.77. The molecule has 37 heavy (non-hydrogen) atoms. The summed E-state index contributed by atoms with van der Waals surface area (Å²) in [6.07, 6.45) is -13.5. The van der Waals surface area contributed by atoms with Crippen molar-refractivity contribution in [2.75, 3.05) is 0 Å². The molecule has 0 amide bonds. The van der Waals surface area contributed by atoms with Crippen LogP contribution in [0.25, 0.3) is 0 Å². The summed E-state index contributed by atoms with van der Waals surface area (Å²) in [6, 6.07) is 0. The first-order chi connectivity index (χ1) is 15.4. The molecule has 0 heterocycles. The molecule has 0 aromatic carbocycles. The van der Waals surface area contributed by atoms with E-state index in [9.17, 15) is 110 Å². The minimum atomic E-state index is -9.55. The van der Waals surface area contributed by atoms with Crippen molar-refractivity contribution in [2.45, 2.75) is 65.4 Å². The summed E-state index contributed by atoms with van der Waals surface area (Å²) in [5.41, 5.74) is 0. The van der Waals surface area contributed by atoms with Crippen LogP contribution in [0.2, 0.25) is 0 Å². The third kappa shape index (κ3) is 4.01. The smallest absolute Gasteiger partial charge is 0.192 e. The Kier molecular flexibility index (Phi) is 7.98. The van der Waals surface area contributed by atoms with Gasteiger partial charge in [0.2, 0.25) is 0 Å². The lowest BCUT2D eigenvalue weighted by molar-refractivity contribution is -0.478. The summed E-state index contributed by atoms with van der Waals surface area (Å²) in [4.78, 5) is 0. The van der Waals surface area contributed by atoms with E-state index in [1.54, 1.807) is 0 Å². The number of rotatable bonds is 10. The largest absolute Gasteiger partial charge is 0.460 e. The molecule has 0 aromatic rings. The van der Waals surface area contributed by atoms with E-state index in [-0.39, 0.29) is 0 Å². The topological polar surface area (TPSA) is 0 Å². The Balaban J connectivity index is 7.22. The van der Waals surface area contributed by atoms with Crippen molar-refractivity contribution in [1.82, 2.24) is 0 Å². The molecule has 0 spiro atoms. The van der Waals surface area contributed by atoms with Crippen molar-refractivity contribution in [3.8, 4) is 0 Å². The minimum Gasteiger partial charge on any atom is -0.192 e. The summed E-state index contributed by atoms with van der Waals surface area (Å²) in [5, 5.41) is 0. The van der Waals surface area contributed by atoms with Crippen LogP contribution >= 0.6 is 0 Å². The minimum absolute atomic E-state index is 5.37. The highest BCUT2D eigenvalue weighted by Gasteiger charge is 2.99. The first-order valence-corrected chi connectivity index (χ1v) is 7.47. The van der Waals surface area contributed by atoms with E-state index in [1.165, 1.54) is 0 Å². The Morgan fingerprint density at radius 1 is 0.243 bits per heavy atom. The zero-order chi connectivity index (χ0) is 31.1. The lowest BCUT2D eigenvalue weighted by atomic mass is 9.85. The number of hydrogen-bond acceptors (Lipinski definition) is 0. The predicted octanol–water partition coefficient (Wildman–Crippen LogP) is 8.33. The third-order valence-electron chi connectivity index (χ3n) is 4.14. The van der Waals surface area contributed by atoms with Crippen LogP contribution < -0.4 is 0 Å². The summed E-state index contributed by atoms with van der Waals surface area (Å²) in [6.45, 7) is 0. The maximum Gasteiger partial charge on any atom is 0.460 e. The van der Waals surface area contributed by atoms with Crippen molar-refractivity contribution in [3.63, 3.8) is 0 Å². The van der Waals surface area contributed by atoms with Gasteiger partial charge in [0, 0.05) is 0 Å². The van der Waals surface area contributed by atoms with Crippen LogP contribution in [0, 0.1) is 6.43 Å². The van der Waals surface area contributed by atoms with E-state index >= 15 is 0 Å². The Hall–Kier alpha value is -1.75. The molecule has 0 aliphatic rings. The first kappa shape index (κ1) is 35.2. The van der Waals surface area contributed by atoms with Gasteiger partial charge < -0.3 is 0 Å². The maximum atomic E-state index is 13.3. The fraction of sp³-hybridized carbons (Fsp3) is 0.917. The van der Waals surface area contributed by atoms with Crippen LogP contribution in [0.3, 0.4) is 0 Å². The highest BCUT2D eigenvalue weighted by atomic mass is 19.4. The Morgan fingerprint density at radius 3 is 0.568 bits per heavy atom. The van der Waals surface area contributed by atoms with Gasteiger partial charge >= 0.3 is 71.8 Å². The van der Waals surface area contributed by atoms with Gasteiger partial charge in [0.15, 0.2) is 0 Å². The standard InChI is InChI=1S/C12F25/c13-1(14)2(15,16)3(17,18)4(19,20)5(21,22)6(23,24)7(25,26)8(27,28)9(29,30)10(31,32)11(33,34)12(35,36)37. The van der Waals surface area contributed by atoms with Gasteiger partial charge in [-0.05, 0) is 0 Å². The molecule has 223 valence electrons. The summed E-state index contributed by atoms with van der Waals surface area (Å²) in [7, 11) is 0. The van der Waals surface area contributed by atoms with Crippen molar-refractivity contribution in [2.24, 2.45) is 0 Å². The quantitative estimate of drug-likeness (QED) is 0.216. The van der Waals surface area contributed by atoms with Gasteiger partial charge in [-0.25, -0.2) is 0 Å². The number of halogens is 25. The van der Waals surface area contributed by atoms with Crippen LogP contribution in [0.4, 0.5) is 110 Å². The monoisotopic (exact) mass is 619 g/mol. The van der Waals surface area contributed by atoms with Gasteiger partial charge in [0.1, 0.15) is 0 Å². The molecule has 0 aliphatic heterocycles. The third-order valence-corrected chi connectivity index (χ3v) is 4.14. The van der Waals surface area contributed by atoms with E-state index < -0.39 is 71.8 Å². The van der Waals surface area contributed by atoms with Gasteiger partial charge in [0.05, 0.1) is 0 Å². The van der Waals surface area contributed by atoms with Crippen molar-refractivity contribution >= 4 is 0 Å². The Morgan fingerprint density at radius 2 is 0.405 bits per heavy atom. The van der Waals surface area contributed by atoms with E-state index in [0.717, 1.165) is 0 Å². The molecule has 0 fully saturated rings. The van der Waals surface area contributed by atoms with Crippen LogP contribution in [-0.4, -0.2) is 65.4 Å². The molecule has 0 atom stereocenters. The van der Waals surface area contributed by atoms with Crippen LogP contribution in [0.1, 0.15) is 0 Å². The molecule has 0 saturated heterocycles. The van der Waals surface area contributed by atoms with E-state index in [2.05, 4.69) is 0 Å². The van der Waals surface area contributed by atoms with Gasteiger partial charge in [-0.2, -0.15) is 110 Å². The van der Waals surface area contributed by atoms with Crippen molar-refractivity contribution in [3.05, 3.63) is 6.43 Å². The fourth-order valence-corrected chi connectivity index (χ4v) is 1.87. The summed E-state index contributed by atoms with van der Waals surface area (Å²) < 4.78 is 320. The molecule has 1 radical (unpaired) electrons. The van der Waals surface area contributed by atoms with Crippen LogP contribution in [0.15, 0.2) is 0 Å². The predicted molar refractivity (Wildman–Crippen MR) is 61.0 cm³/mol. The van der Waals surface area contributed by atoms with E-state index in [4.69, 9.17) is 0 Å². The van der Waals surface area contributed by atoms with Crippen molar-refractivity contribution < 1.29 is 110 Å². The lowest BCUT2D eigenvalue weighted by Gasteiger charge is -2.45. The molecular weight excluding hydrogens is 619 g/mol. The van der Waals surface area contributed by atoms with Crippen LogP contribution in [-0.2, 0) is 0 Å². The summed E-state index contributed by atoms with van der Waals surface area (Å²) >= 11 is 0. The second-order valence-electron chi connectivity index (χ2n) is 6.50. The highest BCUT2D eigenvalue weighted by Crippen LogP contribution is 2.67. The van der Waals surface area contributed by atoms with E-state index in [1.807, 2.05) is 0 Å². The maximum absolute atomic E-state index is 13.3. The SMILES string of the molecule is F[C](F)C(F)(F)C(F)(F)C(F)(F)C(F)(F)C(F)(F)C(F)(F)C(F)(F)C(F)(F)C(F)(F)C(F)(F)C(F)(F)F. The molecule has 0 unspecified atom stereocenters. The van der Waals surface area contributed by atoms with Gasteiger partial charge in [0.25, 0.3) is 0 Å². The van der Waals surface area contributed by atoms with Gasteiger partial charge in [-0.1, -0.05) is 0 Å².